The van der Waals surface area contributed by atoms with Crippen molar-refractivity contribution in [1.29, 1.82) is 0 Å². The van der Waals surface area contributed by atoms with Crippen molar-refractivity contribution in [2.45, 2.75) is 6.10 Å². The van der Waals surface area contributed by atoms with Crippen LogP contribution in [-0.2, 0) is 0 Å². The molecule has 0 aromatic heterocycles. The monoisotopic (exact) mass is 211 g/mol. The highest BCUT2D eigenvalue weighted by molar-refractivity contribution is 5.64. The van der Waals surface area contributed by atoms with Crippen LogP contribution in [0.2, 0.25) is 0 Å². The van der Waals surface area contributed by atoms with Crippen LogP contribution in [0.5, 0.6) is 5.75 Å². The SMILES string of the molecule is COc1ccc(C(O)CNC(=O)O)cc1. The number of hydrogen-bond donors (Lipinski definition) is 3. The van der Waals surface area contributed by atoms with Crippen molar-refractivity contribution in [3.05, 3.63) is 29.8 Å². The highest BCUT2D eigenvalue weighted by Crippen LogP contribution is 2.16. The first-order chi connectivity index (χ1) is 7.13. The van der Waals surface area contributed by atoms with E-state index in [-0.39, 0.29) is 6.54 Å². The Morgan fingerprint density at radius 3 is 2.53 bits per heavy atom. The second-order valence-corrected chi connectivity index (χ2v) is 2.98. The predicted octanol–water partition coefficient (Wildman–Crippen LogP) is 0.996. The summed E-state index contributed by atoms with van der Waals surface area (Å²) in [7, 11) is 1.55. The fourth-order valence-electron chi connectivity index (χ4n) is 1.13. The number of methoxy groups -OCH3 is 1. The number of hydrogen-bond acceptors (Lipinski definition) is 3. The van der Waals surface area contributed by atoms with E-state index in [4.69, 9.17) is 9.84 Å². The first-order valence-corrected chi connectivity index (χ1v) is 4.42. The molecule has 0 fully saturated rings. The average Bonchev–Trinajstić information content (AvgIpc) is 2.26. The van der Waals surface area contributed by atoms with Gasteiger partial charge in [0.05, 0.1) is 19.8 Å². The molecule has 5 heteroatoms. The van der Waals surface area contributed by atoms with Gasteiger partial charge in [0.2, 0.25) is 0 Å². The molecule has 82 valence electrons. The number of ether oxygens (including phenoxy) is 1. The molecule has 1 unspecified atom stereocenters. The van der Waals surface area contributed by atoms with E-state index in [2.05, 4.69) is 5.32 Å². The molecule has 0 saturated carbocycles. The second-order valence-electron chi connectivity index (χ2n) is 2.98. The molecule has 0 aliphatic carbocycles. The van der Waals surface area contributed by atoms with Crippen molar-refractivity contribution in [2.75, 3.05) is 13.7 Å². The molecule has 0 bridgehead atoms. The standard InChI is InChI=1S/C10H13NO4/c1-15-8-4-2-7(3-5-8)9(12)6-11-10(13)14/h2-5,9,11-12H,6H2,1H3,(H,13,14). The van der Waals surface area contributed by atoms with Gasteiger partial charge in [-0.1, -0.05) is 12.1 Å². The zero-order chi connectivity index (χ0) is 11.3. The largest absolute Gasteiger partial charge is 0.497 e. The van der Waals surface area contributed by atoms with Crippen LogP contribution in [0.15, 0.2) is 24.3 Å². The van der Waals surface area contributed by atoms with Crippen LogP contribution >= 0.6 is 0 Å². The van der Waals surface area contributed by atoms with Gasteiger partial charge in [-0.3, -0.25) is 0 Å². The summed E-state index contributed by atoms with van der Waals surface area (Å²) in [6, 6.07) is 6.79. The Hall–Kier alpha value is -1.75. The summed E-state index contributed by atoms with van der Waals surface area (Å²) >= 11 is 0. The van der Waals surface area contributed by atoms with Crippen LogP contribution in [0.25, 0.3) is 0 Å². The molecule has 0 radical (unpaired) electrons. The first-order valence-electron chi connectivity index (χ1n) is 4.42. The molecule has 1 atom stereocenters. The van der Waals surface area contributed by atoms with Crippen molar-refractivity contribution in [3.63, 3.8) is 0 Å². The third-order valence-corrected chi connectivity index (χ3v) is 1.95. The maximum Gasteiger partial charge on any atom is 0.404 e. The average molecular weight is 211 g/mol. The fraction of sp³-hybridized carbons (Fsp3) is 0.300. The van der Waals surface area contributed by atoms with Gasteiger partial charge in [0, 0.05) is 0 Å². The van der Waals surface area contributed by atoms with Gasteiger partial charge in [-0.2, -0.15) is 0 Å². The van der Waals surface area contributed by atoms with E-state index in [1.807, 2.05) is 0 Å². The number of carbonyl (C=O) groups is 1. The Morgan fingerprint density at radius 2 is 2.07 bits per heavy atom. The molecule has 1 aromatic rings. The molecule has 0 aliphatic rings. The highest BCUT2D eigenvalue weighted by Gasteiger charge is 2.08. The van der Waals surface area contributed by atoms with Crippen molar-refractivity contribution in [3.8, 4) is 5.75 Å². The molecule has 0 aliphatic heterocycles. The lowest BCUT2D eigenvalue weighted by molar-refractivity contribution is 0.159. The molecule has 0 spiro atoms. The van der Waals surface area contributed by atoms with Crippen LogP contribution in [0, 0.1) is 0 Å². The molecule has 0 saturated heterocycles. The van der Waals surface area contributed by atoms with Gasteiger partial charge in [0.25, 0.3) is 0 Å². The zero-order valence-corrected chi connectivity index (χ0v) is 8.30. The van der Waals surface area contributed by atoms with E-state index in [1.165, 1.54) is 0 Å². The van der Waals surface area contributed by atoms with Gasteiger partial charge in [0.1, 0.15) is 5.75 Å². The predicted molar refractivity (Wildman–Crippen MR) is 54.0 cm³/mol. The van der Waals surface area contributed by atoms with Crippen molar-refractivity contribution in [2.24, 2.45) is 0 Å². The van der Waals surface area contributed by atoms with E-state index >= 15 is 0 Å². The Balaban J connectivity index is 2.57. The lowest BCUT2D eigenvalue weighted by Gasteiger charge is -2.10. The van der Waals surface area contributed by atoms with E-state index in [0.717, 1.165) is 0 Å². The number of nitrogens with one attached hydrogen (secondary N) is 1. The van der Waals surface area contributed by atoms with Crippen molar-refractivity contribution < 1.29 is 19.7 Å². The van der Waals surface area contributed by atoms with E-state index in [1.54, 1.807) is 31.4 Å². The summed E-state index contributed by atoms with van der Waals surface area (Å²) in [6.07, 6.45) is -1.99. The zero-order valence-electron chi connectivity index (χ0n) is 8.30. The van der Waals surface area contributed by atoms with Crippen LogP contribution in [0.4, 0.5) is 4.79 Å². The number of aliphatic hydroxyl groups excluding tert-OH is 1. The first kappa shape index (κ1) is 11.3. The smallest absolute Gasteiger partial charge is 0.404 e. The molecule has 0 heterocycles. The van der Waals surface area contributed by atoms with E-state index < -0.39 is 12.2 Å². The van der Waals surface area contributed by atoms with Gasteiger partial charge < -0.3 is 20.3 Å². The maximum atomic E-state index is 10.2. The molecule has 1 amide bonds. The maximum absolute atomic E-state index is 10.2. The number of benzene rings is 1. The van der Waals surface area contributed by atoms with Crippen molar-refractivity contribution >= 4 is 6.09 Å². The summed E-state index contributed by atoms with van der Waals surface area (Å²) in [5.41, 5.74) is 0.643. The van der Waals surface area contributed by atoms with Gasteiger partial charge in [-0.25, -0.2) is 4.79 Å². The quantitative estimate of drug-likeness (QED) is 0.694. The third-order valence-electron chi connectivity index (χ3n) is 1.95. The second kappa shape index (κ2) is 5.21. The van der Waals surface area contributed by atoms with Gasteiger partial charge in [0.15, 0.2) is 0 Å². The number of carboxylic acid groups (broad SMARTS) is 1. The minimum absolute atomic E-state index is 0.0261. The molecular weight excluding hydrogens is 198 g/mol. The summed E-state index contributed by atoms with van der Waals surface area (Å²) in [5, 5.41) is 20.0. The van der Waals surface area contributed by atoms with E-state index in [9.17, 15) is 9.90 Å². The fourth-order valence-corrected chi connectivity index (χ4v) is 1.13. The lowest BCUT2D eigenvalue weighted by Crippen LogP contribution is -2.26. The Morgan fingerprint density at radius 1 is 1.47 bits per heavy atom. The van der Waals surface area contributed by atoms with Gasteiger partial charge >= 0.3 is 6.09 Å². The summed E-state index contributed by atoms with van der Waals surface area (Å²) in [5.74, 6) is 0.692. The van der Waals surface area contributed by atoms with Crippen LogP contribution < -0.4 is 10.1 Å². The Bertz CT molecular complexity index is 323. The molecule has 5 nitrogen and oxygen atoms in total. The van der Waals surface area contributed by atoms with Crippen LogP contribution in [0.3, 0.4) is 0 Å². The van der Waals surface area contributed by atoms with Gasteiger partial charge in [-0.05, 0) is 17.7 Å². The molecule has 3 N–H and O–H groups in total. The van der Waals surface area contributed by atoms with Crippen molar-refractivity contribution in [1.82, 2.24) is 5.32 Å². The summed E-state index contributed by atoms with van der Waals surface area (Å²) in [4.78, 5) is 10.2. The molecule has 15 heavy (non-hydrogen) atoms. The van der Waals surface area contributed by atoms with Gasteiger partial charge in [-0.15, -0.1) is 0 Å². The summed E-state index contributed by atoms with van der Waals surface area (Å²) in [6.45, 7) is -0.0261. The molecular formula is C10H13NO4. The molecule has 1 aromatic carbocycles. The van der Waals surface area contributed by atoms with Crippen LogP contribution in [0.1, 0.15) is 11.7 Å². The highest BCUT2D eigenvalue weighted by atomic mass is 16.5. The third kappa shape index (κ3) is 3.47. The number of aliphatic hydroxyl groups is 1. The Kier molecular flexibility index (Phi) is 3.93. The lowest BCUT2D eigenvalue weighted by atomic mass is 10.1. The summed E-state index contributed by atoms with van der Waals surface area (Å²) < 4.78 is 4.96. The topological polar surface area (TPSA) is 78.8 Å². The number of amides is 1. The van der Waals surface area contributed by atoms with Crippen LogP contribution in [-0.4, -0.2) is 30.0 Å². The number of rotatable bonds is 4. The minimum atomic E-state index is -1.15. The minimum Gasteiger partial charge on any atom is -0.497 e. The normalized spacial score (nSPS) is 11.9. The Labute approximate surface area is 87.3 Å². The van der Waals surface area contributed by atoms with E-state index in [0.29, 0.717) is 11.3 Å². The molecule has 1 rings (SSSR count).